The van der Waals surface area contributed by atoms with Gasteiger partial charge in [-0.25, -0.2) is 0 Å². The Morgan fingerprint density at radius 1 is 0.296 bits per heavy atom. The van der Waals surface area contributed by atoms with E-state index in [0.29, 0.717) is 0 Å². The summed E-state index contributed by atoms with van der Waals surface area (Å²) in [6.07, 6.45) is 9.15. The lowest BCUT2D eigenvalue weighted by Gasteiger charge is -2.29. The Morgan fingerprint density at radius 3 is 0.840 bits per heavy atom. The second-order valence-electron chi connectivity index (χ2n) is 23.9. The van der Waals surface area contributed by atoms with Gasteiger partial charge in [-0.05, 0) is 199 Å². The molecule has 0 unspecified atom stereocenters. The van der Waals surface area contributed by atoms with Crippen LogP contribution in [0.15, 0.2) is 206 Å². The topological polar surface area (TPSA) is 24.9 Å². The van der Waals surface area contributed by atoms with E-state index in [1.54, 1.807) is 14.2 Å². The Balaban J connectivity index is 0.730. The van der Waals surface area contributed by atoms with Gasteiger partial charge >= 0.3 is 0 Å². The third-order valence-corrected chi connectivity index (χ3v) is 17.9. The van der Waals surface area contributed by atoms with Crippen molar-refractivity contribution in [3.63, 3.8) is 0 Å². The second-order valence-corrected chi connectivity index (χ2v) is 23.9. The van der Waals surface area contributed by atoms with Crippen molar-refractivity contribution in [3.05, 3.63) is 273 Å². The SMILES string of the molecule is COc1ccc(N(c2ccc3c(c2)C(C)(C)c2cc(/C=C/c4ccc5c(c4)C(C)(C)c4cc(/C=C/c6ccc7c(c6)C(C)(C)c6cc(N(c8ccc(OC)cc8)c8ccccc8C)ccc6-7)ccc4-5)ccc2-3)c2ccccc2C)cc1. The van der Waals surface area contributed by atoms with E-state index >= 15 is 0 Å². The van der Waals surface area contributed by atoms with Crippen LogP contribution < -0.4 is 19.3 Å². The van der Waals surface area contributed by atoms with Crippen molar-refractivity contribution in [1.29, 1.82) is 0 Å². The van der Waals surface area contributed by atoms with Gasteiger partial charge in [-0.2, -0.15) is 0 Å². The molecule has 3 aliphatic carbocycles. The van der Waals surface area contributed by atoms with Crippen LogP contribution in [0.3, 0.4) is 0 Å². The normalized spacial score (nSPS) is 14.5. The number of ether oxygens (including phenoxy) is 2. The third kappa shape index (κ3) is 8.68. The number of hydrogen-bond acceptors (Lipinski definition) is 4. The van der Waals surface area contributed by atoms with E-state index in [4.69, 9.17) is 9.47 Å². The average Bonchev–Trinajstić information content (AvgIpc) is 3.94. The van der Waals surface area contributed by atoms with Gasteiger partial charge in [0, 0.05) is 50.4 Å². The van der Waals surface area contributed by atoms with Gasteiger partial charge in [0.05, 0.1) is 14.2 Å². The smallest absolute Gasteiger partial charge is 0.119 e. The maximum atomic E-state index is 5.53. The fourth-order valence-electron chi connectivity index (χ4n) is 13.3. The van der Waals surface area contributed by atoms with Gasteiger partial charge in [0.25, 0.3) is 0 Å². The van der Waals surface area contributed by atoms with Crippen LogP contribution in [0.5, 0.6) is 11.5 Å². The van der Waals surface area contributed by atoms with Crippen molar-refractivity contribution in [1.82, 2.24) is 0 Å². The molecule has 398 valence electrons. The molecule has 0 bridgehead atoms. The highest BCUT2D eigenvalue weighted by Crippen LogP contribution is 2.54. The summed E-state index contributed by atoms with van der Waals surface area (Å²) in [5.74, 6) is 1.69. The fourth-order valence-corrected chi connectivity index (χ4v) is 13.3. The summed E-state index contributed by atoms with van der Waals surface area (Å²) in [5, 5.41) is 0. The number of rotatable bonds is 12. The minimum atomic E-state index is -0.194. The van der Waals surface area contributed by atoms with Gasteiger partial charge in [0.1, 0.15) is 11.5 Å². The maximum Gasteiger partial charge on any atom is 0.119 e. The number of hydrogen-bond donors (Lipinski definition) is 0. The van der Waals surface area contributed by atoms with Crippen molar-refractivity contribution in [2.45, 2.75) is 71.6 Å². The minimum absolute atomic E-state index is 0.160. The fraction of sp³-hybridized carbons (Fsp3) is 0.169. The molecular weight excluding hydrogens is 985 g/mol. The highest BCUT2D eigenvalue weighted by atomic mass is 16.5. The summed E-state index contributed by atoms with van der Waals surface area (Å²) in [7, 11) is 3.43. The van der Waals surface area contributed by atoms with Crippen LogP contribution in [-0.4, -0.2) is 14.2 Å². The van der Waals surface area contributed by atoms with Crippen LogP contribution in [0.2, 0.25) is 0 Å². The largest absolute Gasteiger partial charge is 0.497 e. The lowest BCUT2D eigenvalue weighted by Crippen LogP contribution is -2.17. The molecule has 3 aliphatic rings. The van der Waals surface area contributed by atoms with Crippen molar-refractivity contribution in [2.75, 3.05) is 24.0 Å². The molecule has 0 amide bonds. The molecule has 0 radical (unpaired) electrons. The summed E-state index contributed by atoms with van der Waals surface area (Å²) >= 11 is 0. The molecule has 0 fully saturated rings. The molecule has 4 nitrogen and oxygen atoms in total. The standard InChI is InChI=1S/C77H68N2O2/c1-49-15-11-13-17-73(49)78(55-27-33-59(80-9)34-28-55)57-31-41-65-63-39-25-53(45-69(63)76(5,6)71(65)47-57)21-19-51-23-37-61-62-38-24-52(44-68(62)75(3,4)67(61)43-51)20-22-54-26-40-64-66-42-32-58(48-72(66)77(7,8)70(64)46-54)79(74-18-14-12-16-50(74)2)56-29-35-60(81-10)36-30-56/h11-48H,1-10H3/b21-19+,22-20+. The summed E-state index contributed by atoms with van der Waals surface area (Å²) in [5.41, 5.74) is 29.4. The Bertz CT molecular complexity index is 3920. The molecule has 0 saturated heterocycles. The molecule has 10 aromatic carbocycles. The van der Waals surface area contributed by atoms with Crippen LogP contribution in [0.4, 0.5) is 34.1 Å². The molecule has 10 aromatic rings. The van der Waals surface area contributed by atoms with E-state index in [9.17, 15) is 0 Å². The molecule has 13 rings (SSSR count). The number of methoxy groups -OCH3 is 2. The van der Waals surface area contributed by atoms with Crippen LogP contribution >= 0.6 is 0 Å². The number of para-hydroxylation sites is 2. The van der Waals surface area contributed by atoms with E-state index in [2.05, 4.69) is 271 Å². The van der Waals surface area contributed by atoms with Crippen molar-refractivity contribution in [3.8, 4) is 44.9 Å². The zero-order valence-corrected chi connectivity index (χ0v) is 48.2. The Morgan fingerprint density at radius 2 is 0.556 bits per heavy atom. The van der Waals surface area contributed by atoms with Crippen molar-refractivity contribution < 1.29 is 9.47 Å². The average molecular weight is 1050 g/mol. The van der Waals surface area contributed by atoms with Gasteiger partial charge in [-0.1, -0.05) is 187 Å². The number of fused-ring (bicyclic) bond motifs is 9. The van der Waals surface area contributed by atoms with Gasteiger partial charge < -0.3 is 19.3 Å². The Hall–Kier alpha value is -9.12. The van der Waals surface area contributed by atoms with Gasteiger partial charge in [0.2, 0.25) is 0 Å². The molecule has 81 heavy (non-hydrogen) atoms. The summed E-state index contributed by atoms with van der Waals surface area (Å²) in [4.78, 5) is 4.73. The number of aryl methyl sites for hydroxylation is 2. The Labute approximate surface area is 478 Å². The first kappa shape index (κ1) is 51.3. The molecule has 0 aromatic heterocycles. The molecule has 0 heterocycles. The first-order valence-corrected chi connectivity index (χ1v) is 28.4. The second kappa shape index (κ2) is 19.6. The first-order chi connectivity index (χ1) is 39.1. The number of benzene rings is 10. The van der Waals surface area contributed by atoms with E-state index in [-0.39, 0.29) is 16.2 Å². The maximum absolute atomic E-state index is 5.53. The highest BCUT2D eigenvalue weighted by Gasteiger charge is 2.39. The van der Waals surface area contributed by atoms with Crippen molar-refractivity contribution in [2.24, 2.45) is 0 Å². The van der Waals surface area contributed by atoms with E-state index < -0.39 is 0 Å². The van der Waals surface area contributed by atoms with Crippen LogP contribution in [-0.2, 0) is 16.2 Å². The highest BCUT2D eigenvalue weighted by molar-refractivity contribution is 5.91. The third-order valence-electron chi connectivity index (χ3n) is 17.9. The molecule has 0 saturated carbocycles. The lowest BCUT2D eigenvalue weighted by atomic mass is 9.81. The van der Waals surface area contributed by atoms with Crippen LogP contribution in [0, 0.1) is 13.8 Å². The van der Waals surface area contributed by atoms with E-state index in [1.165, 1.54) is 100 Å². The summed E-state index contributed by atoms with van der Waals surface area (Å²) in [6, 6.07) is 76.0. The zero-order chi connectivity index (χ0) is 56.0. The monoisotopic (exact) mass is 1050 g/mol. The van der Waals surface area contributed by atoms with Gasteiger partial charge in [-0.3, -0.25) is 0 Å². The van der Waals surface area contributed by atoms with Crippen LogP contribution in [0.1, 0.15) is 108 Å². The number of nitrogens with zero attached hydrogens (tertiary/aromatic N) is 2. The molecule has 4 heteroatoms. The van der Waals surface area contributed by atoms with E-state index in [1.807, 2.05) is 24.3 Å². The van der Waals surface area contributed by atoms with Gasteiger partial charge in [0.15, 0.2) is 0 Å². The summed E-state index contributed by atoms with van der Waals surface area (Å²) in [6.45, 7) is 18.6. The molecule has 0 aliphatic heterocycles. The first-order valence-electron chi connectivity index (χ1n) is 28.4. The molecule has 0 atom stereocenters. The van der Waals surface area contributed by atoms with Crippen LogP contribution in [0.25, 0.3) is 57.7 Å². The quantitative estimate of drug-likeness (QED) is 0.114. The number of anilines is 6. The lowest BCUT2D eigenvalue weighted by molar-refractivity contribution is 0.414. The minimum Gasteiger partial charge on any atom is -0.497 e. The molecule has 0 N–H and O–H groups in total. The van der Waals surface area contributed by atoms with Gasteiger partial charge in [-0.15, -0.1) is 0 Å². The van der Waals surface area contributed by atoms with Crippen molar-refractivity contribution >= 4 is 58.4 Å². The Kier molecular flexibility index (Phi) is 12.4. The van der Waals surface area contributed by atoms with E-state index in [0.717, 1.165) is 45.6 Å². The predicted molar refractivity (Wildman–Crippen MR) is 342 cm³/mol. The predicted octanol–water partition coefficient (Wildman–Crippen LogP) is 20.5. The zero-order valence-electron chi connectivity index (χ0n) is 48.2. The molecule has 0 spiro atoms. The summed E-state index contributed by atoms with van der Waals surface area (Å²) < 4.78 is 11.1. The molecular formula is C77H68N2O2.